The lowest BCUT2D eigenvalue weighted by molar-refractivity contribution is -0.00633. The second-order valence-electron chi connectivity index (χ2n) is 5.47. The van der Waals surface area contributed by atoms with E-state index in [-0.39, 0.29) is 0 Å². The molecule has 0 aromatic heterocycles. The summed E-state index contributed by atoms with van der Waals surface area (Å²) in [6, 6.07) is 0. The first-order chi connectivity index (χ1) is 7.52. The van der Waals surface area contributed by atoms with E-state index in [1.165, 1.54) is 0 Å². The van der Waals surface area contributed by atoms with Crippen LogP contribution in [0.3, 0.4) is 0 Å². The average Bonchev–Trinajstić information content (AvgIpc) is 2.26. The summed E-state index contributed by atoms with van der Waals surface area (Å²) in [5.41, 5.74) is -0.888. The highest BCUT2D eigenvalue weighted by molar-refractivity contribution is 4.95. The van der Waals surface area contributed by atoms with Gasteiger partial charge >= 0.3 is 0 Å². The Bertz CT molecular complexity index is 196. The van der Waals surface area contributed by atoms with E-state index in [1.807, 2.05) is 6.92 Å². The molecule has 0 radical (unpaired) electrons. The Morgan fingerprint density at radius 3 is 2.19 bits per heavy atom. The molecule has 1 rings (SSSR count). The fraction of sp³-hybridized carbons (Fsp3) is 1.00. The van der Waals surface area contributed by atoms with Crippen LogP contribution in [-0.2, 0) is 0 Å². The highest BCUT2D eigenvalue weighted by Gasteiger charge is 2.42. The lowest BCUT2D eigenvalue weighted by Crippen LogP contribution is -2.54. The molecule has 1 aliphatic carbocycles. The number of nitrogens with one attached hydrogen (secondary N) is 1. The van der Waals surface area contributed by atoms with E-state index < -0.39 is 12.0 Å². The molecular formula is C13H25F2N. The summed E-state index contributed by atoms with van der Waals surface area (Å²) in [6.45, 7) is 7.11. The standard InChI is InChI=1S/C13H25F2N/c1-4-9-16-13(12(14)15)7-5-11(6-8-13)10(2)3/h10-12,16H,4-9H2,1-3H3. The number of hydrogen-bond acceptors (Lipinski definition) is 1. The zero-order valence-corrected chi connectivity index (χ0v) is 10.7. The maximum absolute atomic E-state index is 13.2. The fourth-order valence-electron chi connectivity index (χ4n) is 2.67. The van der Waals surface area contributed by atoms with Crippen molar-refractivity contribution < 1.29 is 8.78 Å². The molecule has 1 nitrogen and oxygen atoms in total. The number of rotatable bonds is 5. The van der Waals surface area contributed by atoms with Crippen molar-refractivity contribution in [2.45, 2.75) is 64.8 Å². The Labute approximate surface area is 98.0 Å². The molecule has 0 unspecified atom stereocenters. The first kappa shape index (κ1) is 13.9. The third kappa shape index (κ3) is 3.16. The van der Waals surface area contributed by atoms with Crippen molar-refractivity contribution in [3.63, 3.8) is 0 Å². The minimum Gasteiger partial charge on any atom is -0.306 e. The van der Waals surface area contributed by atoms with Gasteiger partial charge in [-0.05, 0) is 50.5 Å². The molecule has 0 saturated heterocycles. The van der Waals surface area contributed by atoms with Gasteiger partial charge in [-0.2, -0.15) is 0 Å². The van der Waals surface area contributed by atoms with Crippen LogP contribution in [0.5, 0.6) is 0 Å². The maximum Gasteiger partial charge on any atom is 0.256 e. The minimum absolute atomic E-state index is 0.627. The van der Waals surface area contributed by atoms with Crippen LogP contribution >= 0.6 is 0 Å². The molecule has 0 aliphatic heterocycles. The molecule has 1 saturated carbocycles. The maximum atomic E-state index is 13.2. The highest BCUT2D eigenvalue weighted by Crippen LogP contribution is 2.39. The third-order valence-electron chi connectivity index (χ3n) is 4.01. The number of alkyl halides is 2. The van der Waals surface area contributed by atoms with Gasteiger partial charge in [-0.15, -0.1) is 0 Å². The van der Waals surface area contributed by atoms with Crippen LogP contribution in [0.25, 0.3) is 0 Å². The fourth-order valence-corrected chi connectivity index (χ4v) is 2.67. The van der Waals surface area contributed by atoms with Gasteiger partial charge in [0.05, 0.1) is 5.54 Å². The molecule has 0 heterocycles. The van der Waals surface area contributed by atoms with Gasteiger partial charge < -0.3 is 5.32 Å². The molecule has 0 spiro atoms. The first-order valence-corrected chi connectivity index (χ1v) is 6.55. The molecule has 3 heteroatoms. The summed E-state index contributed by atoms with van der Waals surface area (Å²) in [7, 11) is 0. The summed E-state index contributed by atoms with van der Waals surface area (Å²) in [4.78, 5) is 0. The van der Waals surface area contributed by atoms with Gasteiger partial charge in [0.2, 0.25) is 0 Å². The first-order valence-electron chi connectivity index (χ1n) is 6.55. The van der Waals surface area contributed by atoms with Crippen LogP contribution < -0.4 is 5.32 Å². The molecule has 0 atom stereocenters. The SMILES string of the molecule is CCCNC1(C(F)F)CCC(C(C)C)CC1. The van der Waals surface area contributed by atoms with Crippen LogP contribution in [-0.4, -0.2) is 18.5 Å². The normalized spacial score (nSPS) is 31.3. The van der Waals surface area contributed by atoms with Gasteiger partial charge in [-0.1, -0.05) is 20.8 Å². The zero-order chi connectivity index (χ0) is 12.2. The molecule has 0 aromatic carbocycles. The van der Waals surface area contributed by atoms with Crippen molar-refractivity contribution in [2.75, 3.05) is 6.54 Å². The van der Waals surface area contributed by atoms with Crippen molar-refractivity contribution in [3.05, 3.63) is 0 Å². The van der Waals surface area contributed by atoms with Gasteiger partial charge in [-0.3, -0.25) is 0 Å². The van der Waals surface area contributed by atoms with Crippen molar-refractivity contribution in [2.24, 2.45) is 11.8 Å². The van der Waals surface area contributed by atoms with Crippen molar-refractivity contribution >= 4 is 0 Å². The Balaban J connectivity index is 2.55. The molecular weight excluding hydrogens is 208 g/mol. The van der Waals surface area contributed by atoms with E-state index in [1.54, 1.807) is 0 Å². The van der Waals surface area contributed by atoms with Gasteiger partial charge in [-0.25, -0.2) is 8.78 Å². The topological polar surface area (TPSA) is 12.0 Å². The van der Waals surface area contributed by atoms with Crippen LogP contribution in [0.2, 0.25) is 0 Å². The summed E-state index contributed by atoms with van der Waals surface area (Å²) in [5.74, 6) is 1.26. The molecule has 1 N–H and O–H groups in total. The van der Waals surface area contributed by atoms with E-state index in [0.717, 1.165) is 19.3 Å². The Kier molecular flexibility index (Phi) is 5.16. The summed E-state index contributed by atoms with van der Waals surface area (Å²) >= 11 is 0. The molecule has 1 aliphatic rings. The van der Waals surface area contributed by atoms with E-state index in [0.29, 0.717) is 31.2 Å². The monoisotopic (exact) mass is 233 g/mol. The highest BCUT2D eigenvalue weighted by atomic mass is 19.3. The molecule has 0 aromatic rings. The Morgan fingerprint density at radius 2 is 1.81 bits per heavy atom. The Hall–Kier alpha value is -0.180. The number of hydrogen-bond donors (Lipinski definition) is 1. The Morgan fingerprint density at radius 1 is 1.25 bits per heavy atom. The zero-order valence-electron chi connectivity index (χ0n) is 10.7. The van der Waals surface area contributed by atoms with Crippen LogP contribution in [0.1, 0.15) is 52.9 Å². The van der Waals surface area contributed by atoms with Crippen molar-refractivity contribution in [3.8, 4) is 0 Å². The summed E-state index contributed by atoms with van der Waals surface area (Å²) in [5, 5.41) is 3.09. The van der Waals surface area contributed by atoms with E-state index in [2.05, 4.69) is 19.2 Å². The molecule has 1 fully saturated rings. The quantitative estimate of drug-likeness (QED) is 0.761. The summed E-state index contributed by atoms with van der Waals surface area (Å²) in [6.07, 6.45) is 1.84. The van der Waals surface area contributed by atoms with Crippen LogP contribution in [0.4, 0.5) is 8.78 Å². The second-order valence-corrected chi connectivity index (χ2v) is 5.47. The van der Waals surface area contributed by atoms with Gasteiger partial charge in [0.1, 0.15) is 0 Å². The molecule has 0 bridgehead atoms. The second kappa shape index (κ2) is 5.95. The molecule has 0 amide bonds. The lowest BCUT2D eigenvalue weighted by atomic mass is 9.73. The van der Waals surface area contributed by atoms with E-state index in [9.17, 15) is 8.78 Å². The van der Waals surface area contributed by atoms with Gasteiger partial charge in [0, 0.05) is 0 Å². The molecule has 96 valence electrons. The number of halogens is 2. The van der Waals surface area contributed by atoms with E-state index >= 15 is 0 Å². The van der Waals surface area contributed by atoms with Gasteiger partial charge in [0.25, 0.3) is 6.43 Å². The van der Waals surface area contributed by atoms with Crippen molar-refractivity contribution in [1.29, 1.82) is 0 Å². The smallest absolute Gasteiger partial charge is 0.256 e. The predicted molar refractivity (Wildman–Crippen MR) is 63.8 cm³/mol. The van der Waals surface area contributed by atoms with E-state index in [4.69, 9.17) is 0 Å². The van der Waals surface area contributed by atoms with Crippen LogP contribution in [0, 0.1) is 11.8 Å². The third-order valence-corrected chi connectivity index (χ3v) is 4.01. The summed E-state index contributed by atoms with van der Waals surface area (Å²) < 4.78 is 26.3. The van der Waals surface area contributed by atoms with Crippen molar-refractivity contribution in [1.82, 2.24) is 5.32 Å². The average molecular weight is 233 g/mol. The van der Waals surface area contributed by atoms with Gasteiger partial charge in [0.15, 0.2) is 0 Å². The lowest BCUT2D eigenvalue weighted by Gasteiger charge is -2.41. The predicted octanol–water partition coefficient (Wildman–Crippen LogP) is 3.84. The minimum atomic E-state index is -2.23. The molecule has 16 heavy (non-hydrogen) atoms. The largest absolute Gasteiger partial charge is 0.306 e. The van der Waals surface area contributed by atoms with Crippen LogP contribution in [0.15, 0.2) is 0 Å².